The van der Waals surface area contributed by atoms with E-state index in [1.54, 1.807) is 6.07 Å². The van der Waals surface area contributed by atoms with Gasteiger partial charge in [-0.3, -0.25) is 4.79 Å². The Morgan fingerprint density at radius 3 is 2.80 bits per heavy atom. The molecule has 1 rings (SSSR count). The minimum absolute atomic E-state index is 0.199. The lowest BCUT2D eigenvalue weighted by Crippen LogP contribution is -2.06. The lowest BCUT2D eigenvalue weighted by atomic mass is 10.0. The van der Waals surface area contributed by atoms with Gasteiger partial charge < -0.3 is 4.74 Å². The molecule has 0 heterocycles. The van der Waals surface area contributed by atoms with Crippen molar-refractivity contribution in [3.63, 3.8) is 0 Å². The average molecular weight is 268 g/mol. The maximum atomic E-state index is 11.1. The molecule has 0 saturated heterocycles. The van der Waals surface area contributed by atoms with Crippen molar-refractivity contribution in [3.8, 4) is 6.07 Å². The lowest BCUT2D eigenvalue weighted by molar-refractivity contribution is -0.139. The Balaban J connectivity index is 3.12. The maximum absolute atomic E-state index is 11.1. The maximum Gasteiger partial charge on any atom is 0.309 e. The number of esters is 1. The zero-order valence-electron chi connectivity index (χ0n) is 8.50. The first-order valence-electron chi connectivity index (χ1n) is 4.35. The normalized spacial score (nSPS) is 9.47. The molecule has 0 aromatic heterocycles. The highest BCUT2D eigenvalue weighted by molar-refractivity contribution is 9.10. The van der Waals surface area contributed by atoms with E-state index in [0.717, 1.165) is 15.6 Å². The number of hydrogen-bond donors (Lipinski definition) is 0. The minimum Gasteiger partial charge on any atom is -0.469 e. The third-order valence-electron chi connectivity index (χ3n) is 2.20. The first-order valence-corrected chi connectivity index (χ1v) is 5.14. The molecule has 0 saturated carbocycles. The molecule has 0 atom stereocenters. The predicted molar refractivity (Wildman–Crippen MR) is 59.3 cm³/mol. The van der Waals surface area contributed by atoms with Crippen molar-refractivity contribution in [2.75, 3.05) is 7.11 Å². The second-order valence-electron chi connectivity index (χ2n) is 3.07. The zero-order valence-corrected chi connectivity index (χ0v) is 10.1. The topological polar surface area (TPSA) is 50.1 Å². The van der Waals surface area contributed by atoms with Gasteiger partial charge in [-0.2, -0.15) is 5.26 Å². The second kappa shape index (κ2) is 4.94. The summed E-state index contributed by atoms with van der Waals surface area (Å²) in [4.78, 5) is 11.1. The van der Waals surface area contributed by atoms with Crippen molar-refractivity contribution in [1.29, 1.82) is 5.26 Å². The average Bonchev–Trinajstić information content (AvgIpc) is 2.23. The van der Waals surface area contributed by atoms with Gasteiger partial charge in [-0.1, -0.05) is 6.07 Å². The molecule has 4 heteroatoms. The van der Waals surface area contributed by atoms with E-state index in [4.69, 9.17) is 5.26 Å². The molecule has 0 spiro atoms. The van der Waals surface area contributed by atoms with Gasteiger partial charge in [0.05, 0.1) is 19.1 Å². The summed E-state index contributed by atoms with van der Waals surface area (Å²) in [6.45, 7) is 1.82. The van der Waals surface area contributed by atoms with Crippen LogP contribution in [0.2, 0.25) is 0 Å². The lowest BCUT2D eigenvalue weighted by Gasteiger charge is -2.07. The third-order valence-corrected chi connectivity index (χ3v) is 2.86. The molecular weight excluding hydrogens is 258 g/mol. The Morgan fingerprint density at radius 2 is 2.27 bits per heavy atom. The fourth-order valence-corrected chi connectivity index (χ4v) is 1.80. The molecule has 3 nitrogen and oxygen atoms in total. The van der Waals surface area contributed by atoms with Crippen LogP contribution in [-0.2, 0) is 16.0 Å². The molecule has 0 aliphatic rings. The van der Waals surface area contributed by atoms with Gasteiger partial charge in [-0.15, -0.1) is 0 Å². The Kier molecular flexibility index (Phi) is 3.87. The number of carbonyl (C=O) groups excluding carboxylic acids is 1. The molecule has 0 radical (unpaired) electrons. The minimum atomic E-state index is -0.302. The molecule has 0 fully saturated rings. The number of hydrogen-bond acceptors (Lipinski definition) is 3. The predicted octanol–water partition coefficient (Wildman–Crippen LogP) is 2.34. The Hall–Kier alpha value is -1.34. The van der Waals surface area contributed by atoms with Gasteiger partial charge in [0.2, 0.25) is 0 Å². The fourth-order valence-electron chi connectivity index (χ4n) is 1.28. The molecule has 78 valence electrons. The van der Waals surface area contributed by atoms with E-state index in [2.05, 4.69) is 26.7 Å². The van der Waals surface area contributed by atoms with Crippen LogP contribution in [0.3, 0.4) is 0 Å². The van der Waals surface area contributed by atoms with Gasteiger partial charge in [-0.25, -0.2) is 0 Å². The van der Waals surface area contributed by atoms with Crippen LogP contribution < -0.4 is 0 Å². The quantitative estimate of drug-likeness (QED) is 0.773. The summed E-state index contributed by atoms with van der Waals surface area (Å²) < 4.78 is 5.33. The Morgan fingerprint density at radius 1 is 1.60 bits per heavy atom. The van der Waals surface area contributed by atoms with E-state index in [-0.39, 0.29) is 12.4 Å². The largest absolute Gasteiger partial charge is 0.469 e. The fraction of sp³-hybridized carbons (Fsp3) is 0.273. The molecule has 1 aromatic carbocycles. The van der Waals surface area contributed by atoms with Crippen molar-refractivity contribution in [2.45, 2.75) is 13.3 Å². The van der Waals surface area contributed by atoms with Crippen molar-refractivity contribution in [1.82, 2.24) is 0 Å². The van der Waals surface area contributed by atoms with E-state index in [1.807, 2.05) is 13.0 Å². The summed E-state index contributed by atoms with van der Waals surface area (Å²) in [6.07, 6.45) is 0.199. The van der Waals surface area contributed by atoms with E-state index in [9.17, 15) is 4.79 Å². The molecule has 0 amide bonds. The van der Waals surface area contributed by atoms with Crippen molar-refractivity contribution in [3.05, 3.63) is 33.3 Å². The van der Waals surface area contributed by atoms with Crippen molar-refractivity contribution >= 4 is 21.9 Å². The van der Waals surface area contributed by atoms with E-state index >= 15 is 0 Å². The molecular formula is C11H10BrNO2. The number of carbonyl (C=O) groups is 1. The Labute approximate surface area is 96.8 Å². The van der Waals surface area contributed by atoms with Gasteiger partial charge in [0, 0.05) is 4.47 Å². The number of benzene rings is 1. The summed E-state index contributed by atoms with van der Waals surface area (Å²) >= 11 is 3.29. The van der Waals surface area contributed by atoms with Gasteiger partial charge in [0.15, 0.2) is 0 Å². The van der Waals surface area contributed by atoms with Crippen LogP contribution in [0.5, 0.6) is 0 Å². The number of ether oxygens (including phenoxy) is 1. The van der Waals surface area contributed by atoms with Crippen LogP contribution in [-0.4, -0.2) is 13.1 Å². The number of nitriles is 1. The highest BCUT2D eigenvalue weighted by Crippen LogP contribution is 2.23. The molecule has 0 aliphatic heterocycles. The highest BCUT2D eigenvalue weighted by Gasteiger charge is 2.11. The first kappa shape index (κ1) is 11.7. The van der Waals surface area contributed by atoms with E-state index in [1.165, 1.54) is 7.11 Å². The number of methoxy groups -OCH3 is 1. The second-order valence-corrected chi connectivity index (χ2v) is 3.93. The molecule has 1 aromatic rings. The molecule has 0 bridgehead atoms. The van der Waals surface area contributed by atoms with Gasteiger partial charge >= 0.3 is 5.97 Å². The van der Waals surface area contributed by atoms with Gasteiger partial charge in [0.25, 0.3) is 0 Å². The summed E-state index contributed by atoms with van der Waals surface area (Å²) in [6, 6.07) is 5.68. The monoisotopic (exact) mass is 267 g/mol. The third kappa shape index (κ3) is 2.57. The Bertz CT molecular complexity index is 435. The van der Waals surface area contributed by atoms with Gasteiger partial charge in [-0.05, 0) is 40.0 Å². The van der Waals surface area contributed by atoms with Crippen LogP contribution >= 0.6 is 15.9 Å². The number of nitrogens with zero attached hydrogens (tertiary/aromatic N) is 1. The van der Waals surface area contributed by atoms with E-state index < -0.39 is 0 Å². The van der Waals surface area contributed by atoms with Crippen LogP contribution in [0.4, 0.5) is 0 Å². The van der Waals surface area contributed by atoms with Gasteiger partial charge in [0.1, 0.15) is 6.07 Å². The summed E-state index contributed by atoms with van der Waals surface area (Å²) in [5.41, 5.74) is 2.20. The summed E-state index contributed by atoms with van der Waals surface area (Å²) in [7, 11) is 1.35. The van der Waals surface area contributed by atoms with Crippen LogP contribution in [0.25, 0.3) is 0 Å². The van der Waals surface area contributed by atoms with Crippen LogP contribution in [0.1, 0.15) is 16.7 Å². The first-order chi connectivity index (χ1) is 7.10. The smallest absolute Gasteiger partial charge is 0.309 e. The number of halogens is 1. The molecule has 0 N–H and O–H groups in total. The van der Waals surface area contributed by atoms with Crippen molar-refractivity contribution in [2.24, 2.45) is 0 Å². The van der Waals surface area contributed by atoms with Crippen LogP contribution in [0, 0.1) is 18.3 Å². The van der Waals surface area contributed by atoms with Crippen molar-refractivity contribution < 1.29 is 9.53 Å². The van der Waals surface area contributed by atoms with E-state index in [0.29, 0.717) is 5.56 Å². The zero-order chi connectivity index (χ0) is 11.4. The molecule has 0 unspecified atom stereocenters. The SMILES string of the molecule is COC(=O)Cc1ccc(Br)c(C#N)c1C. The highest BCUT2D eigenvalue weighted by atomic mass is 79.9. The standard InChI is InChI=1S/C11H10BrNO2/c1-7-8(5-11(14)15-2)3-4-10(12)9(7)6-13/h3-4H,5H2,1-2H3. The number of rotatable bonds is 2. The summed E-state index contributed by atoms with van der Waals surface area (Å²) in [5, 5.41) is 8.92. The summed E-state index contributed by atoms with van der Waals surface area (Å²) in [5.74, 6) is -0.302. The van der Waals surface area contributed by atoms with Crippen LogP contribution in [0.15, 0.2) is 16.6 Å². The molecule has 0 aliphatic carbocycles. The molecule has 15 heavy (non-hydrogen) atoms.